The van der Waals surface area contributed by atoms with Crippen molar-refractivity contribution in [1.82, 2.24) is 0 Å². The Labute approximate surface area is 43.9 Å². The SMILES string of the molecule is C=C(C)C1=CC=C1. The predicted octanol–water partition coefficient (Wildman–Crippen LogP) is 2.06. The van der Waals surface area contributed by atoms with E-state index < -0.39 is 0 Å². The fourth-order valence-electron chi connectivity index (χ4n) is 0.477. The van der Waals surface area contributed by atoms with Gasteiger partial charge < -0.3 is 0 Å². The highest BCUT2D eigenvalue weighted by atomic mass is 14.0. The van der Waals surface area contributed by atoms with Gasteiger partial charge in [0.2, 0.25) is 0 Å². The van der Waals surface area contributed by atoms with E-state index in [9.17, 15) is 0 Å². The number of allylic oxidation sites excluding steroid dienone is 5. The summed E-state index contributed by atoms with van der Waals surface area (Å²) < 4.78 is 0. The van der Waals surface area contributed by atoms with Crippen LogP contribution >= 0.6 is 0 Å². The quantitative estimate of drug-likeness (QED) is 0.464. The lowest BCUT2D eigenvalue weighted by Crippen LogP contribution is -1.83. The van der Waals surface area contributed by atoms with Crippen LogP contribution in [0.4, 0.5) is 0 Å². The third kappa shape index (κ3) is 0.637. The highest BCUT2D eigenvalue weighted by Gasteiger charge is 1.94. The van der Waals surface area contributed by atoms with Crippen LogP contribution in [0.1, 0.15) is 6.92 Å². The van der Waals surface area contributed by atoms with Gasteiger partial charge in [-0.2, -0.15) is 0 Å². The van der Waals surface area contributed by atoms with Crippen molar-refractivity contribution < 1.29 is 0 Å². The molecule has 0 fully saturated rings. The lowest BCUT2D eigenvalue weighted by atomic mass is 10.0. The molecule has 0 spiro atoms. The molecule has 0 heteroatoms. The first-order valence-corrected chi connectivity index (χ1v) is 2.35. The third-order valence-electron chi connectivity index (χ3n) is 1.04. The largest absolute Gasteiger partial charge is 0.0955 e. The molecular formula is C7H8. The van der Waals surface area contributed by atoms with Crippen molar-refractivity contribution in [2.75, 3.05) is 0 Å². The van der Waals surface area contributed by atoms with E-state index in [1.54, 1.807) is 0 Å². The van der Waals surface area contributed by atoms with E-state index in [4.69, 9.17) is 0 Å². The first-order chi connectivity index (χ1) is 3.30. The van der Waals surface area contributed by atoms with Crippen molar-refractivity contribution >= 4 is 0 Å². The third-order valence-corrected chi connectivity index (χ3v) is 1.04. The Kier molecular flexibility index (Phi) is 0.861. The Morgan fingerprint density at radius 2 is 2.29 bits per heavy atom. The molecular weight excluding hydrogens is 84.1 g/mol. The van der Waals surface area contributed by atoms with Crippen LogP contribution in [0.25, 0.3) is 0 Å². The molecule has 0 aliphatic heterocycles. The first-order valence-electron chi connectivity index (χ1n) is 2.35. The molecule has 36 valence electrons. The van der Waals surface area contributed by atoms with Crippen LogP contribution in [-0.2, 0) is 0 Å². The molecule has 0 saturated carbocycles. The van der Waals surface area contributed by atoms with Gasteiger partial charge in [-0.25, -0.2) is 0 Å². The molecule has 7 heavy (non-hydrogen) atoms. The summed E-state index contributed by atoms with van der Waals surface area (Å²) >= 11 is 0. The van der Waals surface area contributed by atoms with Crippen molar-refractivity contribution in [2.24, 2.45) is 0 Å². The van der Waals surface area contributed by atoms with Crippen LogP contribution in [0.2, 0.25) is 0 Å². The van der Waals surface area contributed by atoms with Crippen molar-refractivity contribution in [3.8, 4) is 0 Å². The molecule has 0 saturated heterocycles. The normalized spacial score (nSPS) is 15.3. The second kappa shape index (κ2) is 1.38. The van der Waals surface area contributed by atoms with Gasteiger partial charge in [-0.3, -0.25) is 0 Å². The van der Waals surface area contributed by atoms with Crippen LogP contribution in [0.5, 0.6) is 0 Å². The molecule has 0 N–H and O–H groups in total. The van der Waals surface area contributed by atoms with Gasteiger partial charge in [0, 0.05) is 0 Å². The minimum Gasteiger partial charge on any atom is -0.0955 e. The van der Waals surface area contributed by atoms with E-state index in [0.29, 0.717) is 0 Å². The van der Waals surface area contributed by atoms with Gasteiger partial charge in [-0.1, -0.05) is 30.4 Å². The zero-order valence-electron chi connectivity index (χ0n) is 4.44. The standard InChI is InChI=1S/C7H8/c1-6(2)7-4-3-5-7/h3-5H,1H2,2H3. The number of hydrogen-bond donors (Lipinski definition) is 0. The van der Waals surface area contributed by atoms with Gasteiger partial charge in [0.25, 0.3) is 0 Å². The lowest BCUT2D eigenvalue weighted by molar-refractivity contribution is 1.41. The summed E-state index contributed by atoms with van der Waals surface area (Å²) in [5.74, 6) is 0. The average Bonchev–Trinajstić information content (AvgIpc) is 1.23. The van der Waals surface area contributed by atoms with E-state index in [-0.39, 0.29) is 0 Å². The van der Waals surface area contributed by atoms with Gasteiger partial charge >= 0.3 is 0 Å². The second-order valence-corrected chi connectivity index (χ2v) is 1.76. The maximum atomic E-state index is 3.76. The molecule has 1 rings (SSSR count). The summed E-state index contributed by atoms with van der Waals surface area (Å²) in [6, 6.07) is 0. The summed E-state index contributed by atoms with van der Waals surface area (Å²) in [6.45, 7) is 5.77. The molecule has 0 aromatic heterocycles. The zero-order chi connectivity index (χ0) is 5.28. The molecule has 0 heterocycles. The van der Waals surface area contributed by atoms with E-state index in [1.807, 2.05) is 13.0 Å². The summed E-state index contributed by atoms with van der Waals surface area (Å²) in [7, 11) is 0. The van der Waals surface area contributed by atoms with Crippen LogP contribution in [0.3, 0.4) is 0 Å². The molecule has 0 unspecified atom stereocenters. The predicted molar refractivity (Wildman–Crippen MR) is 32.0 cm³/mol. The molecule has 0 atom stereocenters. The second-order valence-electron chi connectivity index (χ2n) is 1.76. The van der Waals surface area contributed by atoms with Gasteiger partial charge in [-0.05, 0) is 12.5 Å². The van der Waals surface area contributed by atoms with E-state index in [2.05, 4.69) is 18.7 Å². The lowest BCUT2D eigenvalue weighted by Gasteiger charge is -2.03. The van der Waals surface area contributed by atoms with E-state index in [1.165, 1.54) is 5.57 Å². The fourth-order valence-corrected chi connectivity index (χ4v) is 0.477. The Balaban J connectivity index is 2.60. The topological polar surface area (TPSA) is 0 Å². The van der Waals surface area contributed by atoms with Crippen molar-refractivity contribution in [2.45, 2.75) is 6.92 Å². The van der Waals surface area contributed by atoms with Gasteiger partial charge in [0.1, 0.15) is 0 Å². The monoisotopic (exact) mass is 92.1 g/mol. The Morgan fingerprint density at radius 3 is 2.29 bits per heavy atom. The molecule has 0 amide bonds. The molecule has 0 bridgehead atoms. The Morgan fingerprint density at radius 1 is 1.71 bits per heavy atom. The Hall–Kier alpha value is -0.780. The smallest absolute Gasteiger partial charge is 0.0233 e. The van der Waals surface area contributed by atoms with Gasteiger partial charge in [0.05, 0.1) is 0 Å². The first kappa shape index (κ1) is 4.38. The van der Waals surface area contributed by atoms with Crippen molar-refractivity contribution in [3.05, 3.63) is 36.0 Å². The van der Waals surface area contributed by atoms with Crippen molar-refractivity contribution in [1.29, 1.82) is 0 Å². The summed E-state index contributed by atoms with van der Waals surface area (Å²) in [4.78, 5) is 0. The van der Waals surface area contributed by atoms with Gasteiger partial charge in [0.15, 0.2) is 0 Å². The van der Waals surface area contributed by atoms with Crippen LogP contribution in [-0.4, -0.2) is 0 Å². The molecule has 1 aliphatic rings. The molecule has 1 aliphatic carbocycles. The Bertz CT molecular complexity index is 147. The maximum absolute atomic E-state index is 3.76. The van der Waals surface area contributed by atoms with E-state index >= 15 is 0 Å². The fraction of sp³-hybridized carbons (Fsp3) is 0.143. The maximum Gasteiger partial charge on any atom is -0.0233 e. The minimum atomic E-state index is 1.16. The molecule has 0 aromatic rings. The molecule has 0 nitrogen and oxygen atoms in total. The minimum absolute atomic E-state index is 1.16. The summed E-state index contributed by atoms with van der Waals surface area (Å²) in [5.41, 5.74) is 2.43. The molecule has 0 aromatic carbocycles. The van der Waals surface area contributed by atoms with Crippen molar-refractivity contribution in [3.63, 3.8) is 0 Å². The number of rotatable bonds is 1. The highest BCUT2D eigenvalue weighted by Crippen LogP contribution is 2.14. The number of hydrogen-bond acceptors (Lipinski definition) is 0. The van der Waals surface area contributed by atoms with Crippen LogP contribution in [0, 0.1) is 0 Å². The summed E-state index contributed by atoms with van der Waals surface area (Å²) in [6.07, 6.45) is 6.13. The van der Waals surface area contributed by atoms with Crippen LogP contribution < -0.4 is 0 Å². The molecule has 0 radical (unpaired) electrons. The average molecular weight is 92.1 g/mol. The van der Waals surface area contributed by atoms with E-state index in [0.717, 1.165) is 5.57 Å². The zero-order valence-corrected chi connectivity index (χ0v) is 4.44. The summed E-state index contributed by atoms with van der Waals surface area (Å²) in [5, 5.41) is 0. The van der Waals surface area contributed by atoms with Gasteiger partial charge in [-0.15, -0.1) is 0 Å². The van der Waals surface area contributed by atoms with Crippen LogP contribution in [0.15, 0.2) is 36.0 Å². The highest BCUT2D eigenvalue weighted by molar-refractivity contribution is 5.47.